The van der Waals surface area contributed by atoms with E-state index in [0.29, 0.717) is 0 Å². The second-order valence-electron chi connectivity index (χ2n) is 5.30. The summed E-state index contributed by atoms with van der Waals surface area (Å²) < 4.78 is 9.95. The van der Waals surface area contributed by atoms with Gasteiger partial charge in [-0.1, -0.05) is 6.08 Å². The highest BCUT2D eigenvalue weighted by Crippen LogP contribution is 2.19. The summed E-state index contributed by atoms with van der Waals surface area (Å²) >= 11 is 0. The number of nitrogens with one attached hydrogen (secondary N) is 1. The monoisotopic (exact) mass is 281 g/mol. The van der Waals surface area contributed by atoms with Crippen LogP contribution < -0.4 is 5.32 Å². The predicted molar refractivity (Wildman–Crippen MR) is 77.0 cm³/mol. The molecule has 0 spiro atoms. The molecule has 1 unspecified atom stereocenters. The Balaban J connectivity index is 5.25. The number of amides is 1. The first kappa shape index (κ1) is 18.0. The molecule has 112 valence electrons. The number of alkyl carbamates (subject to hydrolysis) is 1. The van der Waals surface area contributed by atoms with Crippen LogP contribution in [0.5, 0.6) is 0 Å². The van der Waals surface area contributed by atoms with Crippen molar-refractivity contribution in [3.63, 3.8) is 0 Å². The molecule has 5 nitrogen and oxygen atoms in total. The van der Waals surface area contributed by atoms with E-state index in [1.807, 2.05) is 0 Å². The summed E-state index contributed by atoms with van der Waals surface area (Å²) in [6.45, 7) is 10.5. The largest absolute Gasteiger partial charge is 0.467 e. The fourth-order valence-electron chi connectivity index (χ4n) is 1.55. The molecule has 0 radical (unpaired) electrons. The fourth-order valence-corrected chi connectivity index (χ4v) is 1.55. The Morgan fingerprint density at radius 1 is 1.35 bits per heavy atom. The molecule has 20 heavy (non-hydrogen) atoms. The highest BCUT2D eigenvalue weighted by Gasteiger charge is 2.40. The Bertz CT molecular complexity index is 425. The normalized spacial score (nSPS) is 13.2. The van der Waals surface area contributed by atoms with Gasteiger partial charge in [0.05, 0.1) is 7.11 Å². The highest BCUT2D eigenvalue weighted by molar-refractivity contribution is 5.86. The van der Waals surface area contributed by atoms with Gasteiger partial charge >= 0.3 is 12.1 Å². The third kappa shape index (κ3) is 5.79. The highest BCUT2D eigenvalue weighted by atomic mass is 16.6. The van der Waals surface area contributed by atoms with Gasteiger partial charge in [-0.05, 0) is 27.7 Å². The van der Waals surface area contributed by atoms with Crippen LogP contribution in [0.4, 0.5) is 4.79 Å². The molecule has 1 atom stereocenters. The topological polar surface area (TPSA) is 64.6 Å². The molecule has 0 aromatic carbocycles. The zero-order chi connectivity index (χ0) is 15.8. The maximum Gasteiger partial charge on any atom is 0.408 e. The smallest absolute Gasteiger partial charge is 0.408 e. The molecular formula is C15H23NO4. The molecule has 0 heterocycles. The first-order valence-corrected chi connectivity index (χ1v) is 6.31. The van der Waals surface area contributed by atoms with Gasteiger partial charge in [0.25, 0.3) is 0 Å². The minimum absolute atomic E-state index is 0.126. The molecule has 0 saturated carbocycles. The molecule has 0 aromatic heterocycles. The van der Waals surface area contributed by atoms with Gasteiger partial charge in [0, 0.05) is 12.8 Å². The molecule has 1 N–H and O–H groups in total. The molecule has 0 aliphatic rings. The van der Waals surface area contributed by atoms with Crippen molar-refractivity contribution < 1.29 is 19.1 Å². The summed E-state index contributed by atoms with van der Waals surface area (Å²) in [7, 11) is 1.26. The quantitative estimate of drug-likeness (QED) is 0.477. The minimum atomic E-state index is -1.28. The van der Waals surface area contributed by atoms with Crippen molar-refractivity contribution in [3.8, 4) is 11.8 Å². The van der Waals surface area contributed by atoms with Crippen LogP contribution in [-0.2, 0) is 14.3 Å². The van der Waals surface area contributed by atoms with E-state index in [0.717, 1.165) is 0 Å². The van der Waals surface area contributed by atoms with Crippen LogP contribution >= 0.6 is 0 Å². The number of methoxy groups -OCH3 is 1. The third-order valence-corrected chi connectivity index (χ3v) is 2.38. The van der Waals surface area contributed by atoms with Crippen LogP contribution in [0.1, 0.15) is 40.5 Å². The second-order valence-corrected chi connectivity index (χ2v) is 5.30. The minimum Gasteiger partial charge on any atom is -0.467 e. The summed E-state index contributed by atoms with van der Waals surface area (Å²) in [5.74, 6) is 4.91. The number of ether oxygens (including phenoxy) is 2. The van der Waals surface area contributed by atoms with Crippen molar-refractivity contribution in [2.75, 3.05) is 7.11 Å². The number of carbonyl (C=O) groups is 2. The number of carbonyl (C=O) groups excluding carboxylic acids is 2. The van der Waals surface area contributed by atoms with Gasteiger partial charge < -0.3 is 14.8 Å². The van der Waals surface area contributed by atoms with Crippen molar-refractivity contribution in [1.82, 2.24) is 5.32 Å². The fraction of sp³-hybridized carbons (Fsp3) is 0.600. The Morgan fingerprint density at radius 3 is 2.35 bits per heavy atom. The molecule has 0 bridgehead atoms. The van der Waals surface area contributed by atoms with Crippen molar-refractivity contribution in [1.29, 1.82) is 0 Å². The molecule has 5 heteroatoms. The molecule has 1 amide bonds. The van der Waals surface area contributed by atoms with E-state index in [2.05, 4.69) is 23.7 Å². The van der Waals surface area contributed by atoms with E-state index in [9.17, 15) is 9.59 Å². The number of esters is 1. The van der Waals surface area contributed by atoms with Gasteiger partial charge in [0.15, 0.2) is 5.54 Å². The van der Waals surface area contributed by atoms with Crippen LogP contribution in [0, 0.1) is 11.8 Å². The summed E-state index contributed by atoms with van der Waals surface area (Å²) in [5, 5.41) is 2.56. The summed E-state index contributed by atoms with van der Waals surface area (Å²) in [5.41, 5.74) is -1.93. The molecule has 0 aliphatic carbocycles. The van der Waals surface area contributed by atoms with Gasteiger partial charge in [-0.25, -0.2) is 9.59 Å². The number of hydrogen-bond donors (Lipinski definition) is 1. The summed E-state index contributed by atoms with van der Waals surface area (Å²) in [4.78, 5) is 23.9. The average molecular weight is 281 g/mol. The van der Waals surface area contributed by atoms with Crippen molar-refractivity contribution >= 4 is 12.1 Å². The number of rotatable bonds is 5. The van der Waals surface area contributed by atoms with Crippen molar-refractivity contribution in [2.24, 2.45) is 0 Å². The van der Waals surface area contributed by atoms with Crippen LogP contribution in [0.15, 0.2) is 12.7 Å². The van der Waals surface area contributed by atoms with Crippen LogP contribution in [-0.4, -0.2) is 30.3 Å². The van der Waals surface area contributed by atoms with Crippen molar-refractivity contribution in [3.05, 3.63) is 12.7 Å². The van der Waals surface area contributed by atoms with Crippen LogP contribution in [0.2, 0.25) is 0 Å². The van der Waals surface area contributed by atoms with Crippen LogP contribution in [0.25, 0.3) is 0 Å². The van der Waals surface area contributed by atoms with Gasteiger partial charge in [-0.15, -0.1) is 18.4 Å². The molecule has 0 saturated heterocycles. The predicted octanol–water partition coefficient (Wildman–Crippen LogP) is 2.41. The van der Waals surface area contributed by atoms with E-state index in [4.69, 9.17) is 9.47 Å². The Morgan fingerprint density at radius 2 is 1.95 bits per heavy atom. The Hall–Kier alpha value is -1.96. The lowest BCUT2D eigenvalue weighted by atomic mass is 9.91. The van der Waals surface area contributed by atoms with Crippen molar-refractivity contribution in [2.45, 2.75) is 51.7 Å². The zero-order valence-corrected chi connectivity index (χ0v) is 12.8. The number of hydrogen-bond acceptors (Lipinski definition) is 4. The molecule has 0 aliphatic heterocycles. The lowest BCUT2D eigenvalue weighted by molar-refractivity contribution is -0.148. The SMILES string of the molecule is C=CCC(CC#CC)(NC(=O)OC(C)(C)C)C(=O)OC. The Labute approximate surface area is 120 Å². The standard InChI is InChI=1S/C15H23NO4/c1-7-9-11-15(10-8-2,12(17)19-6)16-13(18)20-14(3,4)5/h8H,2,10-11H2,1,3-6H3,(H,16,18). The maximum absolute atomic E-state index is 12.0. The molecule has 0 rings (SSSR count). The van der Waals surface area contributed by atoms with E-state index in [-0.39, 0.29) is 12.8 Å². The Kier molecular flexibility index (Phi) is 6.84. The van der Waals surface area contributed by atoms with E-state index >= 15 is 0 Å². The van der Waals surface area contributed by atoms with Gasteiger partial charge in [0.2, 0.25) is 0 Å². The maximum atomic E-state index is 12.0. The molecular weight excluding hydrogens is 258 g/mol. The molecule has 0 aromatic rings. The zero-order valence-electron chi connectivity index (χ0n) is 12.8. The lowest BCUT2D eigenvalue weighted by Gasteiger charge is -2.30. The van der Waals surface area contributed by atoms with Gasteiger partial charge in [-0.2, -0.15) is 0 Å². The van der Waals surface area contributed by atoms with E-state index in [1.54, 1.807) is 27.7 Å². The van der Waals surface area contributed by atoms with Gasteiger partial charge in [-0.3, -0.25) is 0 Å². The third-order valence-electron chi connectivity index (χ3n) is 2.38. The van der Waals surface area contributed by atoms with E-state index in [1.165, 1.54) is 13.2 Å². The summed E-state index contributed by atoms with van der Waals surface area (Å²) in [6, 6.07) is 0. The lowest BCUT2D eigenvalue weighted by Crippen LogP contribution is -2.55. The van der Waals surface area contributed by atoms with E-state index < -0.39 is 23.2 Å². The average Bonchev–Trinajstić information content (AvgIpc) is 2.32. The van der Waals surface area contributed by atoms with Crippen LogP contribution in [0.3, 0.4) is 0 Å². The summed E-state index contributed by atoms with van der Waals surface area (Å²) in [6.07, 6.45) is 1.17. The van der Waals surface area contributed by atoms with Gasteiger partial charge in [0.1, 0.15) is 5.60 Å². The first-order valence-electron chi connectivity index (χ1n) is 6.31. The second kappa shape index (κ2) is 7.59. The molecule has 0 fully saturated rings. The first-order chi connectivity index (χ1) is 9.20.